The summed E-state index contributed by atoms with van der Waals surface area (Å²) >= 11 is 4.17. The molecule has 0 radical (unpaired) electrons. The maximum atomic E-state index is 4.99. The van der Waals surface area contributed by atoms with E-state index >= 15 is 0 Å². The molecule has 21 heavy (non-hydrogen) atoms. The van der Waals surface area contributed by atoms with Crippen LogP contribution in [0.4, 0.5) is 0 Å². The summed E-state index contributed by atoms with van der Waals surface area (Å²) in [6.07, 6.45) is 7.06. The number of fused-ring (bicyclic) bond motifs is 1. The van der Waals surface area contributed by atoms with Crippen molar-refractivity contribution in [2.24, 2.45) is 0 Å². The molecule has 2 aliphatic rings. The first-order chi connectivity index (χ1) is 10.4. The molecule has 4 rings (SSSR count). The topological polar surface area (TPSA) is 30.7 Å². The molecule has 0 N–H and O–H groups in total. The fourth-order valence-electron chi connectivity index (χ4n) is 3.48. The van der Waals surface area contributed by atoms with E-state index in [0.29, 0.717) is 12.0 Å². The van der Waals surface area contributed by atoms with Crippen molar-refractivity contribution in [3.8, 4) is 0 Å². The normalized spacial score (nSPS) is 24.5. The van der Waals surface area contributed by atoms with E-state index < -0.39 is 0 Å². The highest BCUT2D eigenvalue weighted by Crippen LogP contribution is 2.37. The minimum atomic E-state index is 0.591. The van der Waals surface area contributed by atoms with Crippen LogP contribution in [0.25, 0.3) is 11.2 Å². The van der Waals surface area contributed by atoms with Crippen molar-refractivity contribution < 1.29 is 0 Å². The predicted molar refractivity (Wildman–Crippen MR) is 92.4 cm³/mol. The average Bonchev–Trinajstić information content (AvgIpc) is 2.96. The molecule has 2 saturated heterocycles. The van der Waals surface area contributed by atoms with Crippen LogP contribution in [0.3, 0.4) is 0 Å². The Hall–Kier alpha value is -0.680. The first-order valence-electron chi connectivity index (χ1n) is 7.92. The van der Waals surface area contributed by atoms with Crippen molar-refractivity contribution in [3.05, 3.63) is 24.2 Å². The standard InChI is InChI=1S/C16H21N3S2/c1-4-14-16(17-7-1)19(13-3-2-8-21-11-13)15(18-14)12-5-9-20-10-6-12/h1,4,7,12-13H,2-3,5-6,8-11H2. The molecule has 0 spiro atoms. The Bertz CT molecular complexity index is 613. The molecule has 0 aromatic carbocycles. The van der Waals surface area contributed by atoms with Crippen LogP contribution in [-0.2, 0) is 0 Å². The maximum Gasteiger partial charge on any atom is 0.160 e. The molecule has 0 saturated carbocycles. The zero-order valence-electron chi connectivity index (χ0n) is 12.2. The van der Waals surface area contributed by atoms with Crippen LogP contribution < -0.4 is 0 Å². The summed E-state index contributed by atoms with van der Waals surface area (Å²) in [6.45, 7) is 0. The van der Waals surface area contributed by atoms with Gasteiger partial charge in [-0.2, -0.15) is 23.5 Å². The first kappa shape index (κ1) is 13.9. The molecule has 2 aromatic heterocycles. The Balaban J connectivity index is 1.79. The van der Waals surface area contributed by atoms with Gasteiger partial charge < -0.3 is 4.57 Å². The Kier molecular flexibility index (Phi) is 4.12. The minimum absolute atomic E-state index is 0.591. The molecule has 112 valence electrons. The second kappa shape index (κ2) is 6.21. The van der Waals surface area contributed by atoms with E-state index in [9.17, 15) is 0 Å². The van der Waals surface area contributed by atoms with Gasteiger partial charge in [0.15, 0.2) is 5.65 Å². The molecule has 0 bridgehead atoms. The molecule has 2 aromatic rings. The first-order valence-corrected chi connectivity index (χ1v) is 10.2. The number of thioether (sulfide) groups is 2. The van der Waals surface area contributed by atoms with Gasteiger partial charge in [0.25, 0.3) is 0 Å². The van der Waals surface area contributed by atoms with E-state index in [0.717, 1.165) is 11.2 Å². The summed E-state index contributed by atoms with van der Waals surface area (Å²) < 4.78 is 2.50. The smallest absolute Gasteiger partial charge is 0.160 e. The maximum absolute atomic E-state index is 4.99. The van der Waals surface area contributed by atoms with Crippen LogP contribution in [0.5, 0.6) is 0 Å². The molecule has 1 unspecified atom stereocenters. The molecular formula is C16H21N3S2. The van der Waals surface area contributed by atoms with Crippen LogP contribution >= 0.6 is 23.5 Å². The van der Waals surface area contributed by atoms with E-state index in [1.807, 2.05) is 12.3 Å². The van der Waals surface area contributed by atoms with Gasteiger partial charge in [-0.25, -0.2) is 9.97 Å². The van der Waals surface area contributed by atoms with Crippen molar-refractivity contribution in [1.29, 1.82) is 0 Å². The summed E-state index contributed by atoms with van der Waals surface area (Å²) in [5.74, 6) is 7.04. The molecule has 0 amide bonds. The van der Waals surface area contributed by atoms with Gasteiger partial charge in [-0.3, -0.25) is 0 Å². The SMILES string of the molecule is c1cnc2c(c1)nc(C1CCSCC1)n2C1CCCSC1. The van der Waals surface area contributed by atoms with Crippen molar-refractivity contribution in [3.63, 3.8) is 0 Å². The Morgan fingerprint density at radius 3 is 2.81 bits per heavy atom. The Morgan fingerprint density at radius 1 is 1.10 bits per heavy atom. The highest BCUT2D eigenvalue weighted by molar-refractivity contribution is 7.99. The quantitative estimate of drug-likeness (QED) is 0.833. The third-order valence-corrected chi connectivity index (χ3v) is 6.81. The second-order valence-electron chi connectivity index (χ2n) is 5.94. The third-order valence-electron chi connectivity index (χ3n) is 4.56. The van der Waals surface area contributed by atoms with Crippen molar-refractivity contribution in [1.82, 2.24) is 14.5 Å². The molecule has 2 fully saturated rings. The molecule has 5 heteroatoms. The lowest BCUT2D eigenvalue weighted by Crippen LogP contribution is -2.22. The van der Waals surface area contributed by atoms with E-state index in [4.69, 9.17) is 4.98 Å². The van der Waals surface area contributed by atoms with Crippen LogP contribution in [0.15, 0.2) is 18.3 Å². The lowest BCUT2D eigenvalue weighted by Gasteiger charge is -2.28. The van der Waals surface area contributed by atoms with Gasteiger partial charge in [0.2, 0.25) is 0 Å². The number of nitrogens with zero attached hydrogens (tertiary/aromatic N) is 3. The van der Waals surface area contributed by atoms with Crippen molar-refractivity contribution in [2.75, 3.05) is 23.0 Å². The zero-order chi connectivity index (χ0) is 14.1. The van der Waals surface area contributed by atoms with Crippen LogP contribution in [0.2, 0.25) is 0 Å². The number of aromatic nitrogens is 3. The minimum Gasteiger partial charge on any atom is -0.309 e. The summed E-state index contributed by atoms with van der Waals surface area (Å²) in [5, 5.41) is 0. The van der Waals surface area contributed by atoms with E-state index in [-0.39, 0.29) is 0 Å². The summed E-state index contributed by atoms with van der Waals surface area (Å²) in [5.41, 5.74) is 2.19. The molecular weight excluding hydrogens is 298 g/mol. The van der Waals surface area contributed by atoms with Gasteiger partial charge in [-0.15, -0.1) is 0 Å². The number of pyridine rings is 1. The molecule has 3 nitrogen and oxygen atoms in total. The second-order valence-corrected chi connectivity index (χ2v) is 8.32. The zero-order valence-corrected chi connectivity index (χ0v) is 13.8. The summed E-state index contributed by atoms with van der Waals surface area (Å²) in [7, 11) is 0. The number of hydrogen-bond acceptors (Lipinski definition) is 4. The lowest BCUT2D eigenvalue weighted by atomic mass is 10.0. The molecule has 1 atom stereocenters. The van der Waals surface area contributed by atoms with Gasteiger partial charge in [-0.05, 0) is 55.1 Å². The summed E-state index contributed by atoms with van der Waals surface area (Å²) in [6, 6.07) is 4.72. The predicted octanol–water partition coefficient (Wildman–Crippen LogP) is 4.11. The Morgan fingerprint density at radius 2 is 2.00 bits per heavy atom. The Labute approximate surface area is 134 Å². The number of hydrogen-bond donors (Lipinski definition) is 0. The van der Waals surface area contributed by atoms with Gasteiger partial charge in [0.1, 0.15) is 11.3 Å². The summed E-state index contributed by atoms with van der Waals surface area (Å²) in [4.78, 5) is 9.65. The fraction of sp³-hybridized carbons (Fsp3) is 0.625. The molecule has 0 aliphatic carbocycles. The lowest BCUT2D eigenvalue weighted by molar-refractivity contribution is 0.462. The van der Waals surface area contributed by atoms with Crippen LogP contribution in [-0.4, -0.2) is 37.5 Å². The van der Waals surface area contributed by atoms with E-state index in [1.54, 1.807) is 0 Å². The molecule has 4 heterocycles. The van der Waals surface area contributed by atoms with Gasteiger partial charge in [0.05, 0.1) is 0 Å². The van der Waals surface area contributed by atoms with Gasteiger partial charge in [-0.1, -0.05) is 0 Å². The van der Waals surface area contributed by atoms with Crippen molar-refractivity contribution in [2.45, 2.75) is 37.6 Å². The van der Waals surface area contributed by atoms with Crippen LogP contribution in [0, 0.1) is 0 Å². The average molecular weight is 319 g/mol. The monoisotopic (exact) mass is 319 g/mol. The largest absolute Gasteiger partial charge is 0.309 e. The number of rotatable bonds is 2. The van der Waals surface area contributed by atoms with Gasteiger partial charge in [0, 0.05) is 23.9 Å². The van der Waals surface area contributed by atoms with E-state index in [1.165, 1.54) is 54.5 Å². The highest BCUT2D eigenvalue weighted by Gasteiger charge is 2.27. The molecule has 2 aliphatic heterocycles. The number of imidazole rings is 1. The third kappa shape index (κ3) is 2.70. The highest BCUT2D eigenvalue weighted by atomic mass is 32.2. The van der Waals surface area contributed by atoms with Crippen molar-refractivity contribution >= 4 is 34.7 Å². The van der Waals surface area contributed by atoms with E-state index in [2.05, 4.69) is 39.1 Å². The fourth-order valence-corrected chi connectivity index (χ4v) is 5.71. The van der Waals surface area contributed by atoms with Gasteiger partial charge >= 0.3 is 0 Å². The van der Waals surface area contributed by atoms with Crippen LogP contribution in [0.1, 0.15) is 43.5 Å².